The van der Waals surface area contributed by atoms with Gasteiger partial charge < -0.3 is 14.4 Å². The third-order valence-electron chi connectivity index (χ3n) is 4.00. The highest BCUT2D eigenvalue weighted by atomic mass is 16.7. The molecule has 0 bridgehead atoms. The highest BCUT2D eigenvalue weighted by molar-refractivity contribution is 5.18. The minimum atomic E-state index is -0.328. The first-order valence-electron chi connectivity index (χ1n) is 6.83. The Balaban J connectivity index is 1.70. The Labute approximate surface area is 109 Å². The van der Waals surface area contributed by atoms with Crippen LogP contribution in [0.5, 0.6) is 0 Å². The summed E-state index contributed by atoms with van der Waals surface area (Å²) in [6.45, 7) is 2.89. The van der Waals surface area contributed by atoms with Crippen LogP contribution in [0, 0.1) is 0 Å². The van der Waals surface area contributed by atoms with Gasteiger partial charge in [0.25, 0.3) is 0 Å². The van der Waals surface area contributed by atoms with Crippen molar-refractivity contribution in [2.45, 2.75) is 31.2 Å². The predicted molar refractivity (Wildman–Crippen MR) is 70.3 cm³/mol. The normalized spacial score (nSPS) is 33.7. The van der Waals surface area contributed by atoms with Crippen molar-refractivity contribution < 1.29 is 9.47 Å². The molecule has 1 unspecified atom stereocenters. The van der Waals surface area contributed by atoms with E-state index in [0.29, 0.717) is 6.61 Å². The summed E-state index contributed by atoms with van der Waals surface area (Å²) in [7, 11) is 2.17. The van der Waals surface area contributed by atoms with E-state index in [1.807, 2.05) is 6.07 Å². The van der Waals surface area contributed by atoms with E-state index in [-0.39, 0.29) is 11.9 Å². The van der Waals surface area contributed by atoms with E-state index in [0.717, 1.165) is 32.4 Å². The fourth-order valence-electron chi connectivity index (χ4n) is 2.87. The van der Waals surface area contributed by atoms with E-state index in [2.05, 4.69) is 36.2 Å². The van der Waals surface area contributed by atoms with Crippen LogP contribution in [-0.2, 0) is 9.47 Å². The van der Waals surface area contributed by atoms with Crippen molar-refractivity contribution in [3.05, 3.63) is 35.9 Å². The first-order valence-corrected chi connectivity index (χ1v) is 6.83. The Bertz CT molecular complexity index is 395. The van der Waals surface area contributed by atoms with E-state index in [4.69, 9.17) is 9.47 Å². The minimum absolute atomic E-state index is 0.106. The van der Waals surface area contributed by atoms with Crippen molar-refractivity contribution in [2.75, 3.05) is 26.7 Å². The average molecular weight is 247 g/mol. The van der Waals surface area contributed by atoms with Gasteiger partial charge in [0.1, 0.15) is 6.10 Å². The molecule has 2 aliphatic rings. The fraction of sp³-hybridized carbons (Fsp3) is 0.600. The maximum atomic E-state index is 6.26. The molecule has 2 fully saturated rings. The van der Waals surface area contributed by atoms with Gasteiger partial charge in [-0.3, -0.25) is 0 Å². The van der Waals surface area contributed by atoms with Crippen LogP contribution in [0.1, 0.15) is 30.9 Å². The smallest absolute Gasteiger partial charge is 0.170 e. The van der Waals surface area contributed by atoms with E-state index in [9.17, 15) is 0 Å². The molecule has 0 aliphatic carbocycles. The number of benzene rings is 1. The molecule has 1 spiro atoms. The third-order valence-corrected chi connectivity index (χ3v) is 4.00. The molecule has 3 nitrogen and oxygen atoms in total. The highest BCUT2D eigenvalue weighted by Crippen LogP contribution is 2.39. The van der Waals surface area contributed by atoms with Gasteiger partial charge in [0, 0.05) is 19.4 Å². The van der Waals surface area contributed by atoms with Crippen LogP contribution < -0.4 is 0 Å². The number of likely N-dealkylation sites (tertiary alicyclic amines) is 1. The zero-order chi connectivity index (χ0) is 12.4. The second-order valence-corrected chi connectivity index (χ2v) is 5.40. The summed E-state index contributed by atoms with van der Waals surface area (Å²) in [6.07, 6.45) is 3.25. The molecule has 0 amide bonds. The van der Waals surface area contributed by atoms with Gasteiger partial charge >= 0.3 is 0 Å². The Hall–Kier alpha value is -0.900. The molecule has 2 saturated heterocycles. The number of hydrogen-bond donors (Lipinski definition) is 0. The van der Waals surface area contributed by atoms with Gasteiger partial charge in [-0.1, -0.05) is 30.3 Å². The lowest BCUT2D eigenvalue weighted by atomic mass is 10.1. The van der Waals surface area contributed by atoms with Crippen molar-refractivity contribution in [3.63, 3.8) is 0 Å². The Morgan fingerprint density at radius 1 is 1.17 bits per heavy atom. The molecule has 3 rings (SSSR count). The first kappa shape index (κ1) is 12.2. The summed E-state index contributed by atoms with van der Waals surface area (Å²) in [6, 6.07) is 10.4. The van der Waals surface area contributed by atoms with Crippen LogP contribution >= 0.6 is 0 Å². The second-order valence-electron chi connectivity index (χ2n) is 5.40. The number of nitrogens with zero attached hydrogens (tertiary/aromatic N) is 1. The van der Waals surface area contributed by atoms with Gasteiger partial charge in [-0.15, -0.1) is 0 Å². The number of rotatable bonds is 1. The number of hydrogen-bond acceptors (Lipinski definition) is 3. The summed E-state index contributed by atoms with van der Waals surface area (Å²) in [4.78, 5) is 2.36. The van der Waals surface area contributed by atoms with E-state index in [1.54, 1.807) is 0 Å². The number of ether oxygens (including phenoxy) is 2. The summed E-state index contributed by atoms with van der Waals surface area (Å²) in [5, 5.41) is 0. The summed E-state index contributed by atoms with van der Waals surface area (Å²) in [5.41, 5.74) is 1.23. The monoisotopic (exact) mass is 247 g/mol. The molecule has 3 heteroatoms. The molecule has 0 saturated carbocycles. The highest BCUT2D eigenvalue weighted by Gasteiger charge is 2.42. The molecule has 1 aromatic rings. The Kier molecular flexibility index (Phi) is 3.37. The standard InChI is InChI=1S/C15H21NO2/c1-16-10-5-8-15(9-11-16)17-12-14(18-15)13-6-3-2-4-7-13/h2-4,6-7,14H,5,8-12H2,1H3/t14-,15?/m0/s1. The Morgan fingerprint density at radius 2 is 2.00 bits per heavy atom. The van der Waals surface area contributed by atoms with E-state index in [1.165, 1.54) is 5.56 Å². The lowest BCUT2D eigenvalue weighted by Gasteiger charge is -2.26. The van der Waals surface area contributed by atoms with Crippen LogP contribution in [0.2, 0.25) is 0 Å². The minimum Gasteiger partial charge on any atom is -0.347 e. The quantitative estimate of drug-likeness (QED) is 0.761. The molecule has 2 atom stereocenters. The van der Waals surface area contributed by atoms with E-state index < -0.39 is 0 Å². The molecule has 2 heterocycles. The lowest BCUT2D eigenvalue weighted by molar-refractivity contribution is -0.175. The van der Waals surface area contributed by atoms with Crippen LogP contribution in [0.15, 0.2) is 30.3 Å². The molecular weight excluding hydrogens is 226 g/mol. The van der Waals surface area contributed by atoms with Crippen molar-refractivity contribution in [2.24, 2.45) is 0 Å². The molecule has 18 heavy (non-hydrogen) atoms. The van der Waals surface area contributed by atoms with Gasteiger partial charge in [0.05, 0.1) is 6.61 Å². The first-order chi connectivity index (χ1) is 8.77. The molecule has 2 aliphatic heterocycles. The van der Waals surface area contributed by atoms with Crippen molar-refractivity contribution in [1.29, 1.82) is 0 Å². The van der Waals surface area contributed by atoms with E-state index >= 15 is 0 Å². The summed E-state index contributed by atoms with van der Waals surface area (Å²) >= 11 is 0. The predicted octanol–water partition coefficient (Wildman–Crippen LogP) is 2.59. The molecule has 98 valence electrons. The average Bonchev–Trinajstić information content (AvgIpc) is 2.73. The molecule has 0 radical (unpaired) electrons. The lowest BCUT2D eigenvalue weighted by Crippen LogP contribution is -2.31. The SMILES string of the molecule is CN1CCCC2(CC1)OC[C@@H](c1ccccc1)O2. The van der Waals surface area contributed by atoms with Crippen LogP contribution in [0.3, 0.4) is 0 Å². The largest absolute Gasteiger partial charge is 0.347 e. The molecule has 1 aromatic carbocycles. The van der Waals surface area contributed by atoms with Crippen molar-refractivity contribution in [1.82, 2.24) is 4.90 Å². The Morgan fingerprint density at radius 3 is 2.83 bits per heavy atom. The molecule has 0 aromatic heterocycles. The summed E-state index contributed by atoms with van der Waals surface area (Å²) in [5.74, 6) is -0.328. The van der Waals surface area contributed by atoms with Gasteiger partial charge in [-0.05, 0) is 25.6 Å². The summed E-state index contributed by atoms with van der Waals surface area (Å²) < 4.78 is 12.3. The van der Waals surface area contributed by atoms with Gasteiger partial charge in [0.2, 0.25) is 0 Å². The third kappa shape index (κ3) is 2.44. The topological polar surface area (TPSA) is 21.7 Å². The van der Waals surface area contributed by atoms with Crippen molar-refractivity contribution >= 4 is 0 Å². The maximum Gasteiger partial charge on any atom is 0.170 e. The zero-order valence-corrected chi connectivity index (χ0v) is 11.0. The van der Waals surface area contributed by atoms with Crippen LogP contribution in [0.25, 0.3) is 0 Å². The van der Waals surface area contributed by atoms with Gasteiger partial charge in [-0.25, -0.2) is 0 Å². The van der Waals surface area contributed by atoms with Crippen LogP contribution in [0.4, 0.5) is 0 Å². The maximum absolute atomic E-state index is 6.26. The molecular formula is C15H21NO2. The van der Waals surface area contributed by atoms with Crippen molar-refractivity contribution in [3.8, 4) is 0 Å². The van der Waals surface area contributed by atoms with Gasteiger partial charge in [-0.2, -0.15) is 0 Å². The molecule has 0 N–H and O–H groups in total. The second kappa shape index (κ2) is 5.00. The zero-order valence-electron chi connectivity index (χ0n) is 11.0. The van der Waals surface area contributed by atoms with Crippen LogP contribution in [-0.4, -0.2) is 37.4 Å². The van der Waals surface area contributed by atoms with Gasteiger partial charge in [0.15, 0.2) is 5.79 Å². The fourth-order valence-corrected chi connectivity index (χ4v) is 2.87.